The van der Waals surface area contributed by atoms with Crippen LogP contribution in [-0.4, -0.2) is 46.3 Å². The first-order valence-corrected chi connectivity index (χ1v) is 13.5. The summed E-state index contributed by atoms with van der Waals surface area (Å²) in [5, 5.41) is 3.20. The summed E-state index contributed by atoms with van der Waals surface area (Å²) in [6.07, 6.45) is 9.07. The van der Waals surface area contributed by atoms with Crippen molar-refractivity contribution < 1.29 is 14.0 Å². The monoisotopic (exact) mass is 477 g/mol. The van der Waals surface area contributed by atoms with Crippen LogP contribution in [0.3, 0.4) is 0 Å². The van der Waals surface area contributed by atoms with E-state index < -0.39 is 11.6 Å². The lowest BCUT2D eigenvalue weighted by atomic mass is 9.79. The maximum absolute atomic E-state index is 13.9. The predicted octanol–water partition coefficient (Wildman–Crippen LogP) is 4.67. The number of amides is 2. The Morgan fingerprint density at radius 2 is 1.66 bits per heavy atom. The van der Waals surface area contributed by atoms with Crippen LogP contribution in [0.5, 0.6) is 0 Å². The molecule has 5 rings (SSSR count). The Balaban J connectivity index is 1.33. The molecule has 2 aliphatic heterocycles. The van der Waals surface area contributed by atoms with Crippen molar-refractivity contribution in [2.45, 2.75) is 89.4 Å². The van der Waals surface area contributed by atoms with Crippen LogP contribution < -0.4 is 5.32 Å². The summed E-state index contributed by atoms with van der Waals surface area (Å²) in [6, 6.07) is 13.8. The predicted molar refractivity (Wildman–Crippen MR) is 135 cm³/mol. The number of furan rings is 1. The highest BCUT2D eigenvalue weighted by atomic mass is 16.3. The van der Waals surface area contributed by atoms with Gasteiger partial charge in [0.15, 0.2) is 0 Å². The highest BCUT2D eigenvalue weighted by Crippen LogP contribution is 2.37. The van der Waals surface area contributed by atoms with Crippen LogP contribution in [0, 0.1) is 5.92 Å². The molecule has 1 saturated carbocycles. The molecule has 1 unspecified atom stereocenters. The van der Waals surface area contributed by atoms with E-state index in [-0.39, 0.29) is 11.8 Å². The number of aryl methyl sites for hydroxylation is 1. The summed E-state index contributed by atoms with van der Waals surface area (Å²) in [5.41, 5.74) is 0.306. The van der Waals surface area contributed by atoms with Crippen molar-refractivity contribution in [1.29, 1.82) is 0 Å². The van der Waals surface area contributed by atoms with Crippen molar-refractivity contribution in [3.8, 4) is 0 Å². The highest BCUT2D eigenvalue weighted by molar-refractivity contribution is 6.00. The van der Waals surface area contributed by atoms with Crippen molar-refractivity contribution >= 4 is 11.8 Å². The maximum Gasteiger partial charge on any atom is 0.246 e. The largest absolute Gasteiger partial charge is 0.465 e. The lowest BCUT2D eigenvalue weighted by Crippen LogP contribution is -2.72. The second-order valence-electron chi connectivity index (χ2n) is 10.7. The molecule has 35 heavy (non-hydrogen) atoms. The Bertz CT molecular complexity index is 1000. The molecule has 188 valence electrons. The molecule has 0 radical (unpaired) electrons. The van der Waals surface area contributed by atoms with Gasteiger partial charge in [0.05, 0.1) is 6.54 Å². The van der Waals surface area contributed by atoms with Crippen LogP contribution in [0.15, 0.2) is 46.9 Å². The van der Waals surface area contributed by atoms with E-state index in [1.54, 1.807) is 0 Å². The van der Waals surface area contributed by atoms with Crippen LogP contribution in [0.4, 0.5) is 0 Å². The zero-order chi connectivity index (χ0) is 24.3. The number of benzene rings is 1. The minimum atomic E-state index is -0.774. The number of rotatable bonds is 7. The molecule has 2 aromatic rings. The molecule has 1 aromatic carbocycles. The molecule has 1 N–H and O–H groups in total. The van der Waals surface area contributed by atoms with E-state index in [9.17, 15) is 9.59 Å². The average Bonchev–Trinajstić information content (AvgIpc) is 3.35. The first-order chi connectivity index (χ1) is 17.1. The summed E-state index contributed by atoms with van der Waals surface area (Å²) in [4.78, 5) is 31.9. The number of carbonyl (C=O) groups excluding carboxylic acids is 2. The van der Waals surface area contributed by atoms with Gasteiger partial charge >= 0.3 is 0 Å². The number of carbonyl (C=O) groups is 2. The van der Waals surface area contributed by atoms with E-state index in [4.69, 9.17) is 4.42 Å². The molecule has 1 aromatic heterocycles. The van der Waals surface area contributed by atoms with Crippen molar-refractivity contribution in [3.63, 3.8) is 0 Å². The molecule has 2 saturated heterocycles. The fraction of sp³-hybridized carbons (Fsp3) is 0.586. The normalized spacial score (nSPS) is 23.6. The van der Waals surface area contributed by atoms with Crippen molar-refractivity contribution in [1.82, 2.24) is 15.1 Å². The Labute approximate surface area is 209 Å². The average molecular weight is 478 g/mol. The van der Waals surface area contributed by atoms with Crippen molar-refractivity contribution in [2.75, 3.05) is 13.1 Å². The third-order valence-electron chi connectivity index (χ3n) is 8.41. The van der Waals surface area contributed by atoms with Gasteiger partial charge in [0.25, 0.3) is 0 Å². The topological polar surface area (TPSA) is 65.8 Å². The summed E-state index contributed by atoms with van der Waals surface area (Å²) in [5.74, 6) is 2.65. The van der Waals surface area contributed by atoms with E-state index in [0.29, 0.717) is 25.3 Å². The molecular formula is C29H39N3O3. The van der Waals surface area contributed by atoms with Gasteiger partial charge in [0.2, 0.25) is 11.8 Å². The SMILES string of the molecule is CCc1ccc(CN2CCC3(CC2)C(=O)NC(CC2CCCCC2)C(=O)N3Cc2ccccc2)o1. The van der Waals surface area contributed by atoms with Gasteiger partial charge in [0.1, 0.15) is 23.1 Å². The molecular weight excluding hydrogens is 438 g/mol. The minimum Gasteiger partial charge on any atom is -0.465 e. The van der Waals surface area contributed by atoms with Gasteiger partial charge in [0, 0.05) is 26.1 Å². The van der Waals surface area contributed by atoms with Gasteiger partial charge in [-0.15, -0.1) is 0 Å². The number of hydrogen-bond acceptors (Lipinski definition) is 4. The minimum absolute atomic E-state index is 0.0414. The molecule has 3 aliphatic rings. The first-order valence-electron chi connectivity index (χ1n) is 13.5. The lowest BCUT2D eigenvalue weighted by Gasteiger charge is -2.52. The fourth-order valence-corrected chi connectivity index (χ4v) is 6.28. The van der Waals surface area contributed by atoms with E-state index >= 15 is 0 Å². The molecule has 3 fully saturated rings. The zero-order valence-electron chi connectivity index (χ0n) is 21.0. The van der Waals surface area contributed by atoms with E-state index in [1.807, 2.05) is 29.2 Å². The summed E-state index contributed by atoms with van der Waals surface area (Å²) in [6.45, 7) is 4.86. The van der Waals surface area contributed by atoms with E-state index in [2.05, 4.69) is 35.3 Å². The van der Waals surface area contributed by atoms with Crippen LogP contribution in [0.1, 0.15) is 75.4 Å². The van der Waals surface area contributed by atoms with Crippen LogP contribution in [-0.2, 0) is 29.1 Å². The number of hydrogen-bond donors (Lipinski definition) is 1. The van der Waals surface area contributed by atoms with Gasteiger partial charge in [-0.05, 0) is 42.9 Å². The van der Waals surface area contributed by atoms with Crippen LogP contribution in [0.25, 0.3) is 0 Å². The van der Waals surface area contributed by atoms with Gasteiger partial charge in [-0.1, -0.05) is 69.4 Å². The third kappa shape index (κ3) is 5.18. The Hall–Kier alpha value is -2.60. The summed E-state index contributed by atoms with van der Waals surface area (Å²) >= 11 is 0. The number of piperidine rings is 1. The van der Waals surface area contributed by atoms with Gasteiger partial charge in [-0.3, -0.25) is 14.5 Å². The molecule has 0 bridgehead atoms. The summed E-state index contributed by atoms with van der Waals surface area (Å²) in [7, 11) is 0. The van der Waals surface area contributed by atoms with Crippen LogP contribution in [0.2, 0.25) is 0 Å². The number of likely N-dealkylation sites (tertiary alicyclic amines) is 1. The first kappa shape index (κ1) is 24.1. The third-order valence-corrected chi connectivity index (χ3v) is 8.41. The quantitative estimate of drug-likeness (QED) is 0.629. The van der Waals surface area contributed by atoms with Crippen molar-refractivity contribution in [3.05, 3.63) is 59.5 Å². The Morgan fingerprint density at radius 3 is 2.34 bits per heavy atom. The van der Waals surface area contributed by atoms with E-state index in [0.717, 1.165) is 49.6 Å². The number of piperazine rings is 1. The van der Waals surface area contributed by atoms with E-state index in [1.165, 1.54) is 32.1 Å². The molecule has 1 spiro atoms. The van der Waals surface area contributed by atoms with Crippen molar-refractivity contribution in [2.24, 2.45) is 5.92 Å². The Kier molecular flexibility index (Phi) is 7.28. The van der Waals surface area contributed by atoms with Crippen LogP contribution >= 0.6 is 0 Å². The molecule has 6 heteroatoms. The van der Waals surface area contributed by atoms with Gasteiger partial charge in [-0.2, -0.15) is 0 Å². The molecule has 2 amide bonds. The maximum atomic E-state index is 13.9. The van der Waals surface area contributed by atoms with Gasteiger partial charge < -0.3 is 14.6 Å². The molecule has 1 atom stereocenters. The lowest BCUT2D eigenvalue weighted by molar-refractivity contribution is -0.163. The summed E-state index contributed by atoms with van der Waals surface area (Å²) < 4.78 is 5.91. The zero-order valence-corrected chi connectivity index (χ0v) is 21.0. The Morgan fingerprint density at radius 1 is 0.943 bits per heavy atom. The second-order valence-corrected chi connectivity index (χ2v) is 10.7. The standard InChI is InChI=1S/C29H39N3O3/c1-2-24-13-14-25(35-24)21-31-17-15-29(16-18-31)28(34)30-26(19-22-9-5-3-6-10-22)27(33)32(29)20-23-11-7-4-8-12-23/h4,7-8,11-14,22,26H,2-3,5-6,9-10,15-21H2,1H3,(H,30,34). The highest BCUT2D eigenvalue weighted by Gasteiger charge is 2.53. The fourth-order valence-electron chi connectivity index (χ4n) is 6.28. The molecule has 6 nitrogen and oxygen atoms in total. The van der Waals surface area contributed by atoms with Gasteiger partial charge in [-0.25, -0.2) is 0 Å². The number of nitrogens with zero attached hydrogens (tertiary/aromatic N) is 2. The molecule has 1 aliphatic carbocycles. The number of nitrogens with one attached hydrogen (secondary N) is 1. The molecule has 3 heterocycles. The second kappa shape index (κ2) is 10.6. The smallest absolute Gasteiger partial charge is 0.246 e.